The maximum atomic E-state index is 14.1. The van der Waals surface area contributed by atoms with E-state index >= 15 is 0 Å². The van der Waals surface area contributed by atoms with Gasteiger partial charge >= 0.3 is 5.97 Å². The molecule has 0 spiro atoms. The molecule has 40 heavy (non-hydrogen) atoms. The van der Waals surface area contributed by atoms with Crippen molar-refractivity contribution < 1.29 is 24.6 Å². The van der Waals surface area contributed by atoms with Gasteiger partial charge in [0.15, 0.2) is 0 Å². The van der Waals surface area contributed by atoms with Crippen LogP contribution in [-0.4, -0.2) is 68.2 Å². The van der Waals surface area contributed by atoms with Crippen molar-refractivity contribution in [2.45, 2.75) is 82.5 Å². The van der Waals surface area contributed by atoms with Crippen LogP contribution in [0.5, 0.6) is 0 Å². The van der Waals surface area contributed by atoms with E-state index < -0.39 is 23.7 Å². The molecule has 0 bridgehead atoms. The predicted molar refractivity (Wildman–Crippen MR) is 150 cm³/mol. The lowest BCUT2D eigenvalue weighted by Crippen LogP contribution is -2.53. The van der Waals surface area contributed by atoms with Crippen molar-refractivity contribution in [1.82, 2.24) is 26.2 Å². The number of rotatable bonds is 8. The molecule has 1 aliphatic carbocycles. The van der Waals surface area contributed by atoms with Crippen molar-refractivity contribution in [2.24, 2.45) is 5.92 Å². The zero-order valence-corrected chi connectivity index (χ0v) is 23.1. The maximum Gasteiger partial charge on any atom is 0.326 e. The minimum atomic E-state index is -1.18. The highest BCUT2D eigenvalue weighted by atomic mass is 16.4. The van der Waals surface area contributed by atoms with E-state index in [-0.39, 0.29) is 36.7 Å². The molecule has 3 atom stereocenters. The quantitative estimate of drug-likeness (QED) is 0.339. The van der Waals surface area contributed by atoms with E-state index in [4.69, 9.17) is 0 Å². The molecule has 0 radical (unpaired) electrons. The van der Waals surface area contributed by atoms with Gasteiger partial charge in [0.25, 0.3) is 5.91 Å². The molecule has 214 valence electrons. The number of nitrogens with one attached hydrogen (secondary N) is 3. The van der Waals surface area contributed by atoms with Gasteiger partial charge in [0.05, 0.1) is 11.7 Å². The van der Waals surface area contributed by atoms with Crippen LogP contribution >= 0.6 is 0 Å². The monoisotopic (exact) mass is 549 g/mol. The van der Waals surface area contributed by atoms with Crippen LogP contribution in [0.1, 0.15) is 69.2 Å². The normalized spacial score (nSPS) is 22.6. The Kier molecular flexibility index (Phi) is 8.00. The van der Waals surface area contributed by atoms with E-state index in [9.17, 15) is 24.6 Å². The third kappa shape index (κ3) is 5.93. The average Bonchev–Trinajstić information content (AvgIpc) is 3.60. The summed E-state index contributed by atoms with van der Waals surface area (Å²) in [4.78, 5) is 41.3. The number of benzene rings is 2. The summed E-state index contributed by atoms with van der Waals surface area (Å²) in [7, 11) is 0. The first-order chi connectivity index (χ1) is 19.1. The first-order valence-electron chi connectivity index (χ1n) is 14.2. The molecule has 0 aromatic heterocycles. The van der Waals surface area contributed by atoms with Crippen molar-refractivity contribution in [1.29, 1.82) is 0 Å². The number of fused-ring (bicyclic) bond motifs is 1. The van der Waals surface area contributed by atoms with Crippen molar-refractivity contribution in [2.75, 3.05) is 6.54 Å². The maximum absolute atomic E-state index is 14.1. The van der Waals surface area contributed by atoms with E-state index in [1.807, 2.05) is 36.4 Å². The van der Waals surface area contributed by atoms with Crippen LogP contribution in [0.2, 0.25) is 0 Å². The summed E-state index contributed by atoms with van der Waals surface area (Å²) in [6, 6.07) is 11.0. The van der Waals surface area contributed by atoms with E-state index in [0.29, 0.717) is 17.7 Å². The molecule has 5 rings (SSSR count). The number of hydrazine groups is 2. The molecular formula is C30H39N5O5. The number of amides is 2. The predicted octanol–water partition coefficient (Wildman–Crippen LogP) is 2.90. The fraction of sp³-hybridized carbons (Fsp3) is 0.500. The van der Waals surface area contributed by atoms with E-state index in [0.717, 1.165) is 36.5 Å². The summed E-state index contributed by atoms with van der Waals surface area (Å²) >= 11 is 0. The molecule has 1 saturated carbocycles. The molecule has 2 aromatic carbocycles. The molecule has 2 fully saturated rings. The van der Waals surface area contributed by atoms with Crippen LogP contribution in [0.15, 0.2) is 54.4 Å². The van der Waals surface area contributed by atoms with Crippen LogP contribution in [0.4, 0.5) is 0 Å². The van der Waals surface area contributed by atoms with Gasteiger partial charge in [0.1, 0.15) is 17.7 Å². The Morgan fingerprint density at radius 1 is 1.07 bits per heavy atom. The molecule has 2 aromatic rings. The Morgan fingerprint density at radius 3 is 2.50 bits per heavy atom. The third-order valence-corrected chi connectivity index (χ3v) is 8.40. The molecule has 2 heterocycles. The van der Waals surface area contributed by atoms with Crippen LogP contribution in [-0.2, 0) is 9.59 Å². The first kappa shape index (κ1) is 27.9. The zero-order valence-electron chi connectivity index (χ0n) is 23.1. The molecular weight excluding hydrogens is 510 g/mol. The molecule has 2 amide bonds. The number of carboxylic acids is 1. The van der Waals surface area contributed by atoms with Gasteiger partial charge in [-0.3, -0.25) is 14.6 Å². The molecule has 1 saturated heterocycles. The second-order valence-electron chi connectivity index (χ2n) is 11.8. The van der Waals surface area contributed by atoms with Crippen molar-refractivity contribution in [3.63, 3.8) is 0 Å². The summed E-state index contributed by atoms with van der Waals surface area (Å²) in [5.41, 5.74) is 5.68. The Balaban J connectivity index is 1.38. The van der Waals surface area contributed by atoms with Crippen molar-refractivity contribution >= 4 is 28.6 Å². The van der Waals surface area contributed by atoms with Crippen molar-refractivity contribution in [3.05, 3.63) is 59.9 Å². The number of nitrogens with zero attached hydrogens (tertiary/aromatic N) is 2. The number of carbonyl (C=O) groups excluding carboxylic acids is 2. The number of hydrogen-bond donors (Lipinski definition) is 5. The van der Waals surface area contributed by atoms with Crippen LogP contribution in [0.3, 0.4) is 0 Å². The topological polar surface area (TPSA) is 134 Å². The van der Waals surface area contributed by atoms with Gasteiger partial charge in [-0.05, 0) is 49.1 Å². The van der Waals surface area contributed by atoms with Gasteiger partial charge < -0.3 is 25.9 Å². The van der Waals surface area contributed by atoms with E-state index in [1.165, 1.54) is 11.3 Å². The molecule has 5 N–H and O–H groups in total. The minimum Gasteiger partial charge on any atom is -0.480 e. The second-order valence-corrected chi connectivity index (χ2v) is 11.8. The second kappa shape index (κ2) is 11.5. The standard InChI is InChI=1S/C30H39N5O5/c1-30(2,40)26-17-31-33-35(26)23-16-25(29(38)39)34(18-23)28(37)24(14-19-8-4-3-5-9-19)32-27(36)22-13-12-20-10-6-7-11-21(20)15-22/h6-7,10-13,15,17,19,23-25,31,33,40H,3-5,8-9,14,16,18H2,1-2H3,(H,32,36)(H,38,39)/t23-,24+,25-/m0/s1. The van der Waals surface area contributed by atoms with Gasteiger partial charge in [0.2, 0.25) is 5.91 Å². The number of carboxylic acid groups (broad SMARTS) is 1. The molecule has 3 aliphatic rings. The summed E-state index contributed by atoms with van der Waals surface area (Å²) in [6.45, 7) is 3.44. The fourth-order valence-electron chi connectivity index (χ4n) is 6.29. The van der Waals surface area contributed by atoms with Crippen LogP contribution in [0.25, 0.3) is 10.8 Å². The van der Waals surface area contributed by atoms with Crippen LogP contribution in [0, 0.1) is 5.92 Å². The Hall–Kier alpha value is -3.63. The fourth-order valence-corrected chi connectivity index (χ4v) is 6.29. The van der Waals surface area contributed by atoms with Crippen molar-refractivity contribution in [3.8, 4) is 0 Å². The van der Waals surface area contributed by atoms with E-state index in [2.05, 4.69) is 16.3 Å². The van der Waals surface area contributed by atoms with Crippen LogP contribution < -0.4 is 16.3 Å². The Morgan fingerprint density at radius 2 is 1.80 bits per heavy atom. The highest BCUT2D eigenvalue weighted by molar-refractivity contribution is 6.01. The van der Waals surface area contributed by atoms with Gasteiger partial charge in [-0.1, -0.05) is 62.4 Å². The summed E-state index contributed by atoms with van der Waals surface area (Å²) in [5, 5.41) is 27.3. The molecule has 10 nitrogen and oxygen atoms in total. The Bertz CT molecular complexity index is 1300. The molecule has 2 aliphatic heterocycles. The number of hydrogen-bond acceptors (Lipinski definition) is 7. The lowest BCUT2D eigenvalue weighted by molar-refractivity contribution is -0.149. The lowest BCUT2D eigenvalue weighted by Gasteiger charge is -2.33. The third-order valence-electron chi connectivity index (χ3n) is 8.40. The van der Waals surface area contributed by atoms with Gasteiger partial charge in [-0.15, -0.1) is 5.53 Å². The zero-order chi connectivity index (χ0) is 28.4. The van der Waals surface area contributed by atoms with Gasteiger partial charge in [-0.25, -0.2) is 4.79 Å². The highest BCUT2D eigenvalue weighted by Gasteiger charge is 2.46. The van der Waals surface area contributed by atoms with Gasteiger partial charge in [0, 0.05) is 24.7 Å². The summed E-state index contributed by atoms with van der Waals surface area (Å²) in [6.07, 6.45) is 7.62. The number of carbonyl (C=O) groups is 3. The SMILES string of the molecule is CC(C)(O)C1=CNNN1[C@H]1C[C@@H](C(=O)O)N(C(=O)[C@@H](CC2CCCCC2)NC(=O)c2ccc3ccccc3c2)C1. The largest absolute Gasteiger partial charge is 0.480 e. The summed E-state index contributed by atoms with van der Waals surface area (Å²) < 4.78 is 0. The lowest BCUT2D eigenvalue weighted by atomic mass is 9.84. The summed E-state index contributed by atoms with van der Waals surface area (Å²) in [5.74, 6) is -1.53. The first-order valence-corrected chi connectivity index (χ1v) is 14.2. The van der Waals surface area contributed by atoms with E-state index in [1.54, 1.807) is 31.1 Å². The van der Waals surface area contributed by atoms with Gasteiger partial charge in [-0.2, -0.15) is 0 Å². The number of aliphatic carboxylic acids is 1. The number of aliphatic hydroxyl groups is 1. The molecule has 10 heteroatoms. The average molecular weight is 550 g/mol. The molecule has 0 unspecified atom stereocenters. The number of likely N-dealkylation sites (tertiary alicyclic amines) is 1. The Labute approximate surface area is 234 Å². The minimum absolute atomic E-state index is 0.144. The smallest absolute Gasteiger partial charge is 0.326 e. The highest BCUT2D eigenvalue weighted by Crippen LogP contribution is 2.32.